The van der Waals surface area contributed by atoms with E-state index in [9.17, 15) is 14.7 Å². The van der Waals surface area contributed by atoms with Gasteiger partial charge in [0.25, 0.3) is 11.8 Å². The molecule has 0 bridgehead atoms. The summed E-state index contributed by atoms with van der Waals surface area (Å²) < 4.78 is 5.29. The van der Waals surface area contributed by atoms with Crippen LogP contribution in [0.3, 0.4) is 0 Å². The van der Waals surface area contributed by atoms with Crippen LogP contribution in [0.4, 0.5) is 5.69 Å². The summed E-state index contributed by atoms with van der Waals surface area (Å²) in [6.45, 7) is 7.68. The number of carbonyl (C=O) groups is 2. The van der Waals surface area contributed by atoms with E-state index >= 15 is 0 Å². The number of ether oxygens (including phenoxy) is 1. The van der Waals surface area contributed by atoms with E-state index < -0.39 is 16.7 Å². The Morgan fingerprint density at radius 3 is 2.11 bits per heavy atom. The number of amides is 2. The molecule has 3 aromatic carbocycles. The Bertz CT molecular complexity index is 1320. The number of carbonyl (C=O) groups excluding carboxylic acids is 2. The second-order valence-corrected chi connectivity index (χ2v) is 10.4. The zero-order valence-electron chi connectivity index (χ0n) is 20.7. The number of para-hydroxylation sites is 1. The Hall–Kier alpha value is -3.64. The highest BCUT2D eigenvalue weighted by Gasteiger charge is 2.69. The molecule has 2 amide bonds. The van der Waals surface area contributed by atoms with Crippen LogP contribution in [-0.4, -0.2) is 34.5 Å². The van der Waals surface area contributed by atoms with E-state index in [0.717, 1.165) is 5.56 Å². The monoisotopic (exact) mass is 470 g/mol. The number of rotatable bonds is 3. The first kappa shape index (κ1) is 23.1. The van der Waals surface area contributed by atoms with Gasteiger partial charge >= 0.3 is 0 Å². The average Bonchev–Trinajstić information content (AvgIpc) is 3.11. The number of fused-ring (bicyclic) bond motifs is 3. The SMILES string of the molecule is COc1ccc(CN2C(=O)c3ccccc3[C@](C)(O)[C@@]23C(=O)N(C(C)(C)C)c2ccccc23)cc1. The second kappa shape index (κ2) is 7.68. The normalized spacial score (nSPS) is 23.5. The van der Waals surface area contributed by atoms with E-state index in [0.29, 0.717) is 28.1 Å². The molecule has 1 spiro atoms. The number of aliphatic hydroxyl groups is 1. The van der Waals surface area contributed by atoms with Crippen molar-refractivity contribution in [3.8, 4) is 5.75 Å². The Morgan fingerprint density at radius 2 is 1.49 bits per heavy atom. The summed E-state index contributed by atoms with van der Waals surface area (Å²) in [5, 5.41) is 12.4. The van der Waals surface area contributed by atoms with Gasteiger partial charge in [0.2, 0.25) is 0 Å². The minimum absolute atomic E-state index is 0.144. The van der Waals surface area contributed by atoms with Gasteiger partial charge in [0.05, 0.1) is 12.8 Å². The predicted octanol–water partition coefficient (Wildman–Crippen LogP) is 4.60. The molecule has 0 saturated carbocycles. The van der Waals surface area contributed by atoms with Crippen LogP contribution in [-0.2, 0) is 22.5 Å². The maximum atomic E-state index is 14.6. The number of methoxy groups -OCH3 is 1. The van der Waals surface area contributed by atoms with Crippen molar-refractivity contribution < 1.29 is 19.4 Å². The van der Waals surface area contributed by atoms with Gasteiger partial charge in [-0.2, -0.15) is 0 Å². The van der Waals surface area contributed by atoms with Crippen molar-refractivity contribution in [2.45, 2.75) is 50.9 Å². The minimum atomic E-state index is -1.68. The summed E-state index contributed by atoms with van der Waals surface area (Å²) in [5.74, 6) is 0.0985. The first-order chi connectivity index (χ1) is 16.5. The third kappa shape index (κ3) is 3.06. The predicted molar refractivity (Wildman–Crippen MR) is 134 cm³/mol. The van der Waals surface area contributed by atoms with Crippen LogP contribution in [0.15, 0.2) is 72.8 Å². The lowest BCUT2D eigenvalue weighted by Crippen LogP contribution is -2.68. The Balaban J connectivity index is 1.81. The number of hydrogen-bond acceptors (Lipinski definition) is 4. The molecule has 5 rings (SSSR count). The molecule has 0 radical (unpaired) electrons. The van der Waals surface area contributed by atoms with Crippen molar-refractivity contribution in [3.63, 3.8) is 0 Å². The quantitative estimate of drug-likeness (QED) is 0.608. The molecule has 0 aliphatic carbocycles. The molecule has 0 saturated heterocycles. The van der Waals surface area contributed by atoms with E-state index in [2.05, 4.69) is 0 Å². The zero-order chi connectivity index (χ0) is 25.2. The van der Waals surface area contributed by atoms with Crippen LogP contribution in [0.1, 0.15) is 54.7 Å². The third-order valence-corrected chi connectivity index (χ3v) is 7.25. The van der Waals surface area contributed by atoms with Gasteiger partial charge in [-0.05, 0) is 63.1 Å². The lowest BCUT2D eigenvalue weighted by atomic mass is 9.67. The van der Waals surface area contributed by atoms with Gasteiger partial charge in [-0.15, -0.1) is 0 Å². The van der Waals surface area contributed by atoms with Gasteiger partial charge in [-0.1, -0.05) is 48.5 Å². The number of nitrogens with zero attached hydrogens (tertiary/aromatic N) is 2. The highest BCUT2D eigenvalue weighted by Crippen LogP contribution is 2.58. The fraction of sp³-hybridized carbons (Fsp3) is 0.310. The fourth-order valence-electron chi connectivity index (χ4n) is 5.71. The molecule has 2 aliphatic rings. The third-order valence-electron chi connectivity index (χ3n) is 7.25. The lowest BCUT2D eigenvalue weighted by Gasteiger charge is -2.53. The van der Waals surface area contributed by atoms with Crippen LogP contribution in [0.25, 0.3) is 0 Å². The molecule has 0 aromatic heterocycles. The first-order valence-corrected chi connectivity index (χ1v) is 11.8. The van der Waals surface area contributed by atoms with Crippen molar-refractivity contribution in [2.75, 3.05) is 12.0 Å². The standard InChI is InChI=1S/C29H30N2O4/c1-27(2,3)31-24-13-9-8-12-23(24)29(26(31)33)28(4,34)22-11-7-6-10-21(22)25(32)30(29)18-19-14-16-20(35-5)17-15-19/h6-17,34H,18H2,1-5H3/t28-,29+/m0/s1. The molecule has 3 aromatic rings. The van der Waals surface area contributed by atoms with Crippen molar-refractivity contribution in [3.05, 3.63) is 95.1 Å². The van der Waals surface area contributed by atoms with E-state index in [1.807, 2.05) is 69.3 Å². The van der Waals surface area contributed by atoms with Crippen LogP contribution >= 0.6 is 0 Å². The van der Waals surface area contributed by atoms with E-state index in [4.69, 9.17) is 4.74 Å². The summed E-state index contributed by atoms with van der Waals surface area (Å²) >= 11 is 0. The van der Waals surface area contributed by atoms with Gasteiger partial charge < -0.3 is 19.6 Å². The van der Waals surface area contributed by atoms with Gasteiger partial charge in [-0.25, -0.2) is 0 Å². The summed E-state index contributed by atoms with van der Waals surface area (Å²) in [6.07, 6.45) is 0. The highest BCUT2D eigenvalue weighted by atomic mass is 16.5. The fourth-order valence-corrected chi connectivity index (χ4v) is 5.71. The molecule has 35 heavy (non-hydrogen) atoms. The molecular weight excluding hydrogens is 440 g/mol. The van der Waals surface area contributed by atoms with Crippen molar-refractivity contribution >= 4 is 17.5 Å². The van der Waals surface area contributed by atoms with E-state index in [1.165, 1.54) is 0 Å². The largest absolute Gasteiger partial charge is 0.497 e. The van der Waals surface area contributed by atoms with Crippen molar-refractivity contribution in [1.29, 1.82) is 0 Å². The maximum Gasteiger partial charge on any atom is 0.261 e. The smallest absolute Gasteiger partial charge is 0.261 e. The molecule has 2 atom stereocenters. The number of anilines is 1. The van der Waals surface area contributed by atoms with Gasteiger partial charge in [-0.3, -0.25) is 9.59 Å². The van der Waals surface area contributed by atoms with Gasteiger partial charge in [0.15, 0.2) is 5.54 Å². The molecule has 6 heteroatoms. The van der Waals surface area contributed by atoms with Crippen LogP contribution in [0.5, 0.6) is 5.75 Å². The Morgan fingerprint density at radius 1 is 0.886 bits per heavy atom. The molecule has 180 valence electrons. The Labute approximate surface area is 205 Å². The molecule has 0 unspecified atom stereocenters. The molecular formula is C29H30N2O4. The average molecular weight is 471 g/mol. The number of benzene rings is 3. The first-order valence-electron chi connectivity index (χ1n) is 11.8. The second-order valence-electron chi connectivity index (χ2n) is 10.4. The highest BCUT2D eigenvalue weighted by molar-refractivity contribution is 6.14. The Kier molecular flexibility index (Phi) is 5.08. The number of hydrogen-bond donors (Lipinski definition) is 1. The van der Waals surface area contributed by atoms with Gasteiger partial charge in [0.1, 0.15) is 11.4 Å². The van der Waals surface area contributed by atoms with Crippen LogP contribution < -0.4 is 9.64 Å². The molecule has 6 nitrogen and oxygen atoms in total. The van der Waals surface area contributed by atoms with Crippen molar-refractivity contribution in [1.82, 2.24) is 4.90 Å². The van der Waals surface area contributed by atoms with Crippen LogP contribution in [0, 0.1) is 0 Å². The zero-order valence-corrected chi connectivity index (χ0v) is 20.7. The van der Waals surface area contributed by atoms with Crippen LogP contribution in [0.2, 0.25) is 0 Å². The molecule has 2 heterocycles. The van der Waals surface area contributed by atoms with Gasteiger partial charge in [0, 0.05) is 23.2 Å². The van der Waals surface area contributed by atoms with E-state index in [-0.39, 0.29) is 18.4 Å². The molecule has 0 fully saturated rings. The minimum Gasteiger partial charge on any atom is -0.497 e. The molecule has 2 aliphatic heterocycles. The molecule has 1 N–H and O–H groups in total. The summed E-state index contributed by atoms with van der Waals surface area (Å²) in [6, 6.07) is 21.9. The topological polar surface area (TPSA) is 70.1 Å². The summed E-state index contributed by atoms with van der Waals surface area (Å²) in [4.78, 5) is 32.0. The van der Waals surface area contributed by atoms with E-state index in [1.54, 1.807) is 48.1 Å². The maximum absolute atomic E-state index is 14.6. The summed E-state index contributed by atoms with van der Waals surface area (Å²) in [5.41, 5.74) is -0.879. The summed E-state index contributed by atoms with van der Waals surface area (Å²) in [7, 11) is 1.60. The van der Waals surface area contributed by atoms with Crippen molar-refractivity contribution in [2.24, 2.45) is 0 Å². The lowest BCUT2D eigenvalue weighted by molar-refractivity contribution is -0.154.